The van der Waals surface area contributed by atoms with Gasteiger partial charge in [0.15, 0.2) is 0 Å². The molecule has 2 aliphatic heterocycles. The monoisotopic (exact) mass is 522 g/mol. The van der Waals surface area contributed by atoms with E-state index in [-0.39, 0.29) is 23.3 Å². The summed E-state index contributed by atoms with van der Waals surface area (Å²) in [6.45, 7) is 8.74. The van der Waals surface area contributed by atoms with Crippen molar-refractivity contribution in [3.63, 3.8) is 0 Å². The summed E-state index contributed by atoms with van der Waals surface area (Å²) < 4.78 is 12.3. The van der Waals surface area contributed by atoms with E-state index in [2.05, 4.69) is 25.9 Å². The maximum Gasteiger partial charge on any atom is 0.410 e. The summed E-state index contributed by atoms with van der Waals surface area (Å²) in [6.07, 6.45) is 1.30. The van der Waals surface area contributed by atoms with Gasteiger partial charge in [-0.1, -0.05) is 6.07 Å². The molecule has 0 N–H and O–H groups in total. The molecule has 0 radical (unpaired) electrons. The lowest BCUT2D eigenvalue weighted by molar-refractivity contribution is -0.0611. The van der Waals surface area contributed by atoms with Crippen LogP contribution in [0, 0.1) is 11.3 Å². The number of amides is 2. The zero-order valence-electron chi connectivity index (χ0n) is 18.4. The molecule has 2 aromatic heterocycles. The molecule has 0 bridgehead atoms. The molecule has 0 aliphatic carbocycles. The Kier molecular flexibility index (Phi) is 6.56. The highest BCUT2D eigenvalue weighted by Crippen LogP contribution is 2.45. The van der Waals surface area contributed by atoms with Gasteiger partial charge in [-0.25, -0.2) is 9.78 Å². The molecule has 0 unspecified atom stereocenters. The van der Waals surface area contributed by atoms with Crippen LogP contribution in [0.25, 0.3) is 0 Å². The van der Waals surface area contributed by atoms with Gasteiger partial charge in [-0.05, 0) is 48.8 Å². The van der Waals surface area contributed by atoms with Gasteiger partial charge in [-0.3, -0.25) is 9.78 Å². The number of halogens is 1. The molecule has 1 spiro atoms. The quantitative estimate of drug-likeness (QED) is 0.554. The van der Waals surface area contributed by atoms with Gasteiger partial charge < -0.3 is 19.3 Å². The first-order valence-electron chi connectivity index (χ1n) is 10.5. The fraction of sp³-hybridized carbons (Fsp3) is 0.545. The van der Waals surface area contributed by atoms with E-state index in [4.69, 9.17) is 9.47 Å². The van der Waals surface area contributed by atoms with Crippen LogP contribution in [-0.4, -0.2) is 70.2 Å². The highest BCUT2D eigenvalue weighted by Gasteiger charge is 2.57. The summed E-state index contributed by atoms with van der Waals surface area (Å²) in [5, 5.41) is 0. The third kappa shape index (κ3) is 5.13. The van der Waals surface area contributed by atoms with E-state index in [9.17, 15) is 9.59 Å². The predicted molar refractivity (Wildman–Crippen MR) is 123 cm³/mol. The van der Waals surface area contributed by atoms with E-state index in [0.29, 0.717) is 44.3 Å². The molecule has 32 heavy (non-hydrogen) atoms. The largest absolute Gasteiger partial charge is 0.444 e. The van der Waals surface area contributed by atoms with Crippen molar-refractivity contribution in [2.45, 2.75) is 33.0 Å². The molecule has 2 aliphatic rings. The third-order valence-corrected chi connectivity index (χ3v) is 6.95. The number of hydrogen-bond donors (Lipinski definition) is 0. The Labute approximate surface area is 200 Å². The van der Waals surface area contributed by atoms with Gasteiger partial charge in [0.25, 0.3) is 5.91 Å². The maximum atomic E-state index is 13.0. The number of rotatable bonds is 5. The number of thiazole rings is 1. The van der Waals surface area contributed by atoms with Crippen molar-refractivity contribution in [3.8, 4) is 0 Å². The van der Waals surface area contributed by atoms with Gasteiger partial charge in [-0.2, -0.15) is 0 Å². The molecular formula is C22H27BrN4O4S. The summed E-state index contributed by atoms with van der Waals surface area (Å²) in [5.74, 6) is 0.101. The van der Waals surface area contributed by atoms with E-state index in [0.717, 1.165) is 10.3 Å². The predicted octanol–water partition coefficient (Wildman–Crippen LogP) is 3.83. The van der Waals surface area contributed by atoms with E-state index in [1.807, 2.05) is 43.9 Å². The molecule has 0 saturated carbocycles. The van der Waals surface area contributed by atoms with Gasteiger partial charge in [-0.15, -0.1) is 11.3 Å². The van der Waals surface area contributed by atoms with Crippen molar-refractivity contribution >= 4 is 39.3 Å². The van der Waals surface area contributed by atoms with Crippen LogP contribution in [0.2, 0.25) is 0 Å². The summed E-state index contributed by atoms with van der Waals surface area (Å²) in [5.41, 5.74) is 1.77. The topological polar surface area (TPSA) is 84.9 Å². The van der Waals surface area contributed by atoms with Crippen LogP contribution < -0.4 is 0 Å². The molecular weight excluding hydrogens is 496 g/mol. The van der Waals surface area contributed by atoms with Crippen molar-refractivity contribution in [3.05, 3.63) is 45.1 Å². The summed E-state index contributed by atoms with van der Waals surface area (Å²) >= 11 is 4.72. The number of hydrogen-bond acceptors (Lipinski definition) is 7. The third-order valence-electron chi connectivity index (χ3n) is 5.75. The maximum absolute atomic E-state index is 13.0. The number of likely N-dealkylation sites (tertiary alicyclic amines) is 2. The SMILES string of the molecule is CC(C)(C)OC(=O)N1CC2(C1)CN(C(=O)c1cncs1)C[C@H]2COCc1cccc(Br)n1. The molecule has 2 aromatic rings. The van der Waals surface area contributed by atoms with E-state index < -0.39 is 5.60 Å². The van der Waals surface area contributed by atoms with Gasteiger partial charge in [0.1, 0.15) is 15.1 Å². The second kappa shape index (κ2) is 9.07. The summed E-state index contributed by atoms with van der Waals surface area (Å²) in [4.78, 5) is 38.1. The second-order valence-corrected chi connectivity index (χ2v) is 11.1. The Morgan fingerprint density at radius 3 is 2.66 bits per heavy atom. The van der Waals surface area contributed by atoms with Crippen molar-refractivity contribution in [2.24, 2.45) is 11.3 Å². The Morgan fingerprint density at radius 2 is 2.00 bits per heavy atom. The molecule has 1 atom stereocenters. The lowest BCUT2D eigenvalue weighted by Crippen LogP contribution is -2.63. The highest BCUT2D eigenvalue weighted by molar-refractivity contribution is 9.10. The van der Waals surface area contributed by atoms with Crippen LogP contribution in [0.15, 0.2) is 34.5 Å². The number of ether oxygens (including phenoxy) is 2. The van der Waals surface area contributed by atoms with E-state index >= 15 is 0 Å². The number of pyridine rings is 1. The van der Waals surface area contributed by atoms with Gasteiger partial charge in [0.2, 0.25) is 0 Å². The number of carbonyl (C=O) groups is 2. The Morgan fingerprint density at radius 1 is 1.25 bits per heavy atom. The van der Waals surface area contributed by atoms with Crippen LogP contribution in [0.3, 0.4) is 0 Å². The van der Waals surface area contributed by atoms with Crippen LogP contribution in [0.5, 0.6) is 0 Å². The fourth-order valence-corrected chi connectivity index (χ4v) is 5.23. The Hall–Kier alpha value is -2.04. The average molecular weight is 523 g/mol. The normalized spacial score (nSPS) is 19.8. The lowest BCUT2D eigenvalue weighted by Gasteiger charge is -2.50. The van der Waals surface area contributed by atoms with Crippen LogP contribution in [-0.2, 0) is 16.1 Å². The number of carbonyl (C=O) groups excluding carboxylic acids is 2. The van der Waals surface area contributed by atoms with Crippen molar-refractivity contribution in [2.75, 3.05) is 32.8 Å². The zero-order valence-corrected chi connectivity index (χ0v) is 20.8. The fourth-order valence-electron chi connectivity index (χ4n) is 4.26. The number of aromatic nitrogens is 2. The Balaban J connectivity index is 1.42. The van der Waals surface area contributed by atoms with E-state index in [1.165, 1.54) is 11.3 Å². The molecule has 10 heteroatoms. The molecule has 2 amide bonds. The molecule has 172 valence electrons. The molecule has 4 heterocycles. The number of nitrogens with zero attached hydrogens (tertiary/aromatic N) is 4. The molecule has 2 fully saturated rings. The Bertz CT molecular complexity index is 973. The zero-order chi connectivity index (χ0) is 22.9. The standard InChI is InChI=1S/C22H27BrN4O4S/c1-21(2,3)31-20(29)27-12-22(13-27)11-26(19(28)17-7-24-14-32-17)8-15(22)9-30-10-16-5-4-6-18(23)25-16/h4-7,14-15H,8-13H2,1-3H3/t15-/m0/s1. The van der Waals surface area contributed by atoms with Crippen molar-refractivity contribution in [1.82, 2.24) is 19.8 Å². The second-order valence-electron chi connectivity index (χ2n) is 9.41. The first-order chi connectivity index (χ1) is 15.2. The van der Waals surface area contributed by atoms with Gasteiger partial charge in [0, 0.05) is 37.5 Å². The smallest absolute Gasteiger partial charge is 0.410 e. The van der Waals surface area contributed by atoms with Crippen molar-refractivity contribution in [1.29, 1.82) is 0 Å². The van der Waals surface area contributed by atoms with Crippen molar-refractivity contribution < 1.29 is 19.1 Å². The van der Waals surface area contributed by atoms with Gasteiger partial charge >= 0.3 is 6.09 Å². The minimum absolute atomic E-state index is 0.0150. The molecule has 8 nitrogen and oxygen atoms in total. The minimum atomic E-state index is -0.539. The van der Waals surface area contributed by atoms with Gasteiger partial charge in [0.05, 0.1) is 30.6 Å². The first kappa shape index (κ1) is 23.1. The molecule has 0 aromatic carbocycles. The summed E-state index contributed by atoms with van der Waals surface area (Å²) in [6, 6.07) is 5.72. The molecule has 2 saturated heterocycles. The van der Waals surface area contributed by atoms with Crippen LogP contribution in [0.4, 0.5) is 4.79 Å². The van der Waals surface area contributed by atoms with Crippen LogP contribution in [0.1, 0.15) is 36.1 Å². The molecule has 4 rings (SSSR count). The first-order valence-corrected chi connectivity index (χ1v) is 12.2. The average Bonchev–Trinajstić information content (AvgIpc) is 3.33. The summed E-state index contributed by atoms with van der Waals surface area (Å²) in [7, 11) is 0. The van der Waals surface area contributed by atoms with E-state index in [1.54, 1.807) is 16.6 Å². The highest BCUT2D eigenvalue weighted by atomic mass is 79.9. The lowest BCUT2D eigenvalue weighted by atomic mass is 9.72. The minimum Gasteiger partial charge on any atom is -0.444 e. The van der Waals surface area contributed by atoms with Crippen LogP contribution >= 0.6 is 27.3 Å².